The molecule has 1 amide bonds. The van der Waals surface area contributed by atoms with E-state index in [1.165, 1.54) is 5.56 Å². The fraction of sp³-hybridized carbons (Fsp3) is 0.429. The van der Waals surface area contributed by atoms with Crippen LogP contribution >= 0.6 is 0 Å². The molecule has 0 heterocycles. The molecule has 1 rings (SSSR count). The second-order valence-electron chi connectivity index (χ2n) is 4.24. The van der Waals surface area contributed by atoms with Gasteiger partial charge in [0.1, 0.15) is 0 Å². The summed E-state index contributed by atoms with van der Waals surface area (Å²) in [6.45, 7) is 2.12. The largest absolute Gasteiger partial charge is 0.481 e. The van der Waals surface area contributed by atoms with Crippen LogP contribution < -0.4 is 5.32 Å². The number of carboxylic acid groups (broad SMARTS) is 1. The molecule has 2 N–H and O–H groups in total. The predicted molar refractivity (Wildman–Crippen MR) is 70.6 cm³/mol. The topological polar surface area (TPSA) is 66.4 Å². The van der Waals surface area contributed by atoms with Crippen molar-refractivity contribution in [3.05, 3.63) is 29.8 Å². The molecule has 98 valence electrons. The molecule has 18 heavy (non-hydrogen) atoms. The molecule has 4 heteroatoms. The number of aryl methyl sites for hydroxylation is 1. The minimum absolute atomic E-state index is 0.0306. The zero-order valence-corrected chi connectivity index (χ0v) is 10.6. The van der Waals surface area contributed by atoms with Crippen LogP contribution in [0.15, 0.2) is 24.3 Å². The average molecular weight is 249 g/mol. The van der Waals surface area contributed by atoms with Crippen LogP contribution in [0.3, 0.4) is 0 Å². The number of hydrogen-bond donors (Lipinski definition) is 2. The molecule has 0 aromatic heterocycles. The van der Waals surface area contributed by atoms with Gasteiger partial charge < -0.3 is 10.4 Å². The molecule has 0 atom stereocenters. The molecular formula is C14H19NO3. The molecular weight excluding hydrogens is 230 g/mol. The van der Waals surface area contributed by atoms with Crippen molar-refractivity contribution in [2.45, 2.75) is 39.0 Å². The van der Waals surface area contributed by atoms with Crippen LogP contribution in [0.1, 0.15) is 38.2 Å². The van der Waals surface area contributed by atoms with Crippen molar-refractivity contribution in [1.29, 1.82) is 0 Å². The van der Waals surface area contributed by atoms with Gasteiger partial charge in [0.05, 0.1) is 0 Å². The summed E-state index contributed by atoms with van der Waals surface area (Å²) >= 11 is 0. The van der Waals surface area contributed by atoms with Crippen LogP contribution in [-0.2, 0) is 16.0 Å². The first-order valence-corrected chi connectivity index (χ1v) is 6.22. The number of benzene rings is 1. The number of carbonyl (C=O) groups excluding carboxylic acids is 1. The van der Waals surface area contributed by atoms with Crippen molar-refractivity contribution in [2.24, 2.45) is 0 Å². The first kappa shape index (κ1) is 14.2. The summed E-state index contributed by atoms with van der Waals surface area (Å²) < 4.78 is 0. The third kappa shape index (κ3) is 5.48. The molecule has 1 aromatic rings. The van der Waals surface area contributed by atoms with Gasteiger partial charge in [0.25, 0.3) is 0 Å². The number of nitrogens with one attached hydrogen (secondary N) is 1. The standard InChI is InChI=1S/C14H19NO3/c1-2-4-11-7-9-12(10-8-11)15-13(16)5-3-6-14(17)18/h7-10H,2-6H2,1H3,(H,15,16)(H,17,18). The molecule has 4 nitrogen and oxygen atoms in total. The van der Waals surface area contributed by atoms with E-state index in [0.29, 0.717) is 6.42 Å². The Kier molecular flexibility index (Phi) is 5.91. The highest BCUT2D eigenvalue weighted by molar-refractivity contribution is 5.90. The van der Waals surface area contributed by atoms with Gasteiger partial charge in [-0.3, -0.25) is 9.59 Å². The maximum atomic E-state index is 11.5. The monoisotopic (exact) mass is 249 g/mol. The Bertz CT molecular complexity index is 398. The molecule has 0 fully saturated rings. The third-order valence-electron chi connectivity index (χ3n) is 2.57. The summed E-state index contributed by atoms with van der Waals surface area (Å²) in [6.07, 6.45) is 2.77. The van der Waals surface area contributed by atoms with Gasteiger partial charge in [-0.1, -0.05) is 25.5 Å². The zero-order chi connectivity index (χ0) is 13.4. The van der Waals surface area contributed by atoms with Crippen LogP contribution in [0.25, 0.3) is 0 Å². The van der Waals surface area contributed by atoms with E-state index in [2.05, 4.69) is 12.2 Å². The molecule has 0 saturated carbocycles. The Morgan fingerprint density at radius 1 is 1.17 bits per heavy atom. The lowest BCUT2D eigenvalue weighted by atomic mass is 10.1. The van der Waals surface area contributed by atoms with Crippen LogP contribution in [0, 0.1) is 0 Å². The fourth-order valence-electron chi connectivity index (χ4n) is 1.67. The first-order chi connectivity index (χ1) is 8.61. The summed E-state index contributed by atoms with van der Waals surface area (Å²) in [5.41, 5.74) is 2.01. The van der Waals surface area contributed by atoms with Gasteiger partial charge in [-0.05, 0) is 30.5 Å². The quantitative estimate of drug-likeness (QED) is 0.780. The second-order valence-corrected chi connectivity index (χ2v) is 4.24. The Hall–Kier alpha value is -1.84. The van der Waals surface area contributed by atoms with Crippen LogP contribution in [0.5, 0.6) is 0 Å². The van der Waals surface area contributed by atoms with E-state index in [0.717, 1.165) is 18.5 Å². The lowest BCUT2D eigenvalue weighted by molar-refractivity contribution is -0.137. The number of aliphatic carboxylic acids is 1. The van der Waals surface area contributed by atoms with Gasteiger partial charge in [-0.25, -0.2) is 0 Å². The van der Waals surface area contributed by atoms with Gasteiger partial charge >= 0.3 is 5.97 Å². The number of carboxylic acids is 1. The number of rotatable bonds is 7. The third-order valence-corrected chi connectivity index (χ3v) is 2.57. The summed E-state index contributed by atoms with van der Waals surface area (Å²) in [6, 6.07) is 7.74. The summed E-state index contributed by atoms with van der Waals surface area (Å²) in [4.78, 5) is 21.8. The van der Waals surface area contributed by atoms with Crippen LogP contribution in [0.2, 0.25) is 0 Å². The van der Waals surface area contributed by atoms with Crippen molar-refractivity contribution in [3.63, 3.8) is 0 Å². The Morgan fingerprint density at radius 3 is 2.39 bits per heavy atom. The van der Waals surface area contributed by atoms with E-state index < -0.39 is 5.97 Å². The molecule has 0 aliphatic heterocycles. The van der Waals surface area contributed by atoms with E-state index in [1.54, 1.807) is 0 Å². The normalized spacial score (nSPS) is 10.1. The van der Waals surface area contributed by atoms with Gasteiger partial charge in [-0.2, -0.15) is 0 Å². The van der Waals surface area contributed by atoms with E-state index in [9.17, 15) is 9.59 Å². The van der Waals surface area contributed by atoms with E-state index in [4.69, 9.17) is 5.11 Å². The molecule has 0 spiro atoms. The minimum Gasteiger partial charge on any atom is -0.481 e. The number of anilines is 1. The van der Waals surface area contributed by atoms with Crippen LogP contribution in [0.4, 0.5) is 5.69 Å². The van der Waals surface area contributed by atoms with Crippen molar-refractivity contribution in [3.8, 4) is 0 Å². The van der Waals surface area contributed by atoms with Gasteiger partial charge in [-0.15, -0.1) is 0 Å². The van der Waals surface area contributed by atoms with E-state index >= 15 is 0 Å². The minimum atomic E-state index is -0.869. The molecule has 0 unspecified atom stereocenters. The van der Waals surface area contributed by atoms with E-state index in [-0.39, 0.29) is 18.7 Å². The van der Waals surface area contributed by atoms with Gasteiger partial charge in [0, 0.05) is 18.5 Å². The molecule has 0 aliphatic carbocycles. The fourth-order valence-corrected chi connectivity index (χ4v) is 1.67. The first-order valence-electron chi connectivity index (χ1n) is 6.22. The lowest BCUT2D eigenvalue weighted by Crippen LogP contribution is -2.11. The van der Waals surface area contributed by atoms with Crippen molar-refractivity contribution >= 4 is 17.6 Å². The maximum Gasteiger partial charge on any atom is 0.303 e. The molecule has 0 bridgehead atoms. The van der Waals surface area contributed by atoms with Crippen molar-refractivity contribution in [2.75, 3.05) is 5.32 Å². The number of carbonyl (C=O) groups is 2. The van der Waals surface area contributed by atoms with Gasteiger partial charge in [0.15, 0.2) is 0 Å². The maximum absolute atomic E-state index is 11.5. The lowest BCUT2D eigenvalue weighted by Gasteiger charge is -2.05. The average Bonchev–Trinajstić information content (AvgIpc) is 2.31. The summed E-state index contributed by atoms with van der Waals surface area (Å²) in [7, 11) is 0. The summed E-state index contributed by atoms with van der Waals surface area (Å²) in [5, 5.41) is 11.2. The highest BCUT2D eigenvalue weighted by Crippen LogP contribution is 2.11. The highest BCUT2D eigenvalue weighted by atomic mass is 16.4. The Labute approximate surface area is 107 Å². The van der Waals surface area contributed by atoms with Gasteiger partial charge in [0.2, 0.25) is 5.91 Å². The van der Waals surface area contributed by atoms with Crippen molar-refractivity contribution < 1.29 is 14.7 Å². The molecule has 0 aliphatic rings. The predicted octanol–water partition coefficient (Wildman–Crippen LogP) is 2.83. The smallest absolute Gasteiger partial charge is 0.303 e. The Balaban J connectivity index is 2.37. The highest BCUT2D eigenvalue weighted by Gasteiger charge is 2.04. The number of hydrogen-bond acceptors (Lipinski definition) is 2. The van der Waals surface area contributed by atoms with Crippen molar-refractivity contribution in [1.82, 2.24) is 0 Å². The summed E-state index contributed by atoms with van der Waals surface area (Å²) in [5.74, 6) is -1.01. The SMILES string of the molecule is CCCc1ccc(NC(=O)CCCC(=O)O)cc1. The Morgan fingerprint density at radius 2 is 1.83 bits per heavy atom. The zero-order valence-electron chi connectivity index (χ0n) is 10.6. The van der Waals surface area contributed by atoms with Crippen LogP contribution in [-0.4, -0.2) is 17.0 Å². The molecule has 0 radical (unpaired) electrons. The van der Waals surface area contributed by atoms with E-state index in [1.807, 2.05) is 24.3 Å². The molecule has 1 aromatic carbocycles. The molecule has 0 saturated heterocycles. The number of amides is 1. The second kappa shape index (κ2) is 7.48.